The predicted octanol–water partition coefficient (Wildman–Crippen LogP) is 4.68. The summed E-state index contributed by atoms with van der Waals surface area (Å²) >= 11 is 6.04. The van der Waals surface area contributed by atoms with E-state index in [9.17, 15) is 9.59 Å². The Morgan fingerprint density at radius 1 is 1.21 bits per heavy atom. The van der Waals surface area contributed by atoms with E-state index in [1.165, 1.54) is 7.11 Å². The zero-order valence-corrected chi connectivity index (χ0v) is 16.4. The highest BCUT2D eigenvalue weighted by Gasteiger charge is 2.44. The minimum atomic E-state index is -0.631. The molecule has 0 N–H and O–H groups in total. The number of furan rings is 1. The van der Waals surface area contributed by atoms with Crippen molar-refractivity contribution in [3.05, 3.63) is 70.3 Å². The van der Waals surface area contributed by atoms with Gasteiger partial charge in [0, 0.05) is 46.7 Å². The SMILES string of the molecule is COC(=O)C1C(C)=NC2=C(C(=O)C[C@@H](c3ccco3)C2)[C@H]1c1ccc(Cl)cc1. The molecule has 4 rings (SSSR count). The normalized spacial score (nSPS) is 24.6. The van der Waals surface area contributed by atoms with E-state index >= 15 is 0 Å². The second-order valence-electron chi connectivity index (χ2n) is 7.19. The molecule has 3 atom stereocenters. The first kappa shape index (κ1) is 18.7. The minimum Gasteiger partial charge on any atom is -0.469 e. The van der Waals surface area contributed by atoms with Crippen molar-refractivity contribution in [2.75, 3.05) is 7.11 Å². The standard InChI is InChI=1S/C22H20ClNO4/c1-12-19(22(26)27-2)20(13-5-7-15(23)8-6-13)21-16(24-12)10-14(11-17(21)25)18-4-3-9-28-18/h3-9,14,19-20H,10-11H2,1-2H3/t14-,19?,20-/m0/s1. The van der Waals surface area contributed by atoms with Gasteiger partial charge in [-0.2, -0.15) is 0 Å². The highest BCUT2D eigenvalue weighted by Crippen LogP contribution is 2.46. The minimum absolute atomic E-state index is 0.00671. The summed E-state index contributed by atoms with van der Waals surface area (Å²) in [6.45, 7) is 1.81. The van der Waals surface area contributed by atoms with Crippen molar-refractivity contribution in [2.24, 2.45) is 10.9 Å². The molecule has 1 aromatic carbocycles. The third-order valence-corrected chi connectivity index (χ3v) is 5.77. The van der Waals surface area contributed by atoms with Crippen LogP contribution in [0.4, 0.5) is 0 Å². The van der Waals surface area contributed by atoms with Crippen LogP contribution in [0.15, 0.2) is 63.3 Å². The zero-order chi connectivity index (χ0) is 19.8. The molecule has 1 aliphatic heterocycles. The number of halogens is 1. The lowest BCUT2D eigenvalue weighted by atomic mass is 9.70. The van der Waals surface area contributed by atoms with Crippen molar-refractivity contribution in [1.29, 1.82) is 0 Å². The van der Waals surface area contributed by atoms with Gasteiger partial charge in [0.1, 0.15) is 11.7 Å². The smallest absolute Gasteiger partial charge is 0.315 e. The number of ether oxygens (including phenoxy) is 1. The van der Waals surface area contributed by atoms with Crippen molar-refractivity contribution in [2.45, 2.75) is 31.6 Å². The first-order chi connectivity index (χ1) is 13.5. The molecule has 0 fully saturated rings. The Hall–Kier alpha value is -2.66. The van der Waals surface area contributed by atoms with Gasteiger partial charge in [0.2, 0.25) is 0 Å². The molecule has 1 aliphatic carbocycles. The highest BCUT2D eigenvalue weighted by atomic mass is 35.5. The van der Waals surface area contributed by atoms with Gasteiger partial charge in [-0.15, -0.1) is 0 Å². The van der Waals surface area contributed by atoms with Crippen LogP contribution in [0.2, 0.25) is 5.02 Å². The van der Waals surface area contributed by atoms with Crippen LogP contribution in [0, 0.1) is 5.92 Å². The molecule has 0 spiro atoms. The molecule has 0 amide bonds. The molecule has 28 heavy (non-hydrogen) atoms. The molecule has 0 saturated heterocycles. The van der Waals surface area contributed by atoms with E-state index < -0.39 is 17.8 Å². The molecule has 1 unspecified atom stereocenters. The van der Waals surface area contributed by atoms with Gasteiger partial charge in [0.05, 0.1) is 13.4 Å². The fourth-order valence-electron chi connectivity index (χ4n) is 4.25. The first-order valence-corrected chi connectivity index (χ1v) is 9.55. The zero-order valence-electron chi connectivity index (χ0n) is 15.6. The molecule has 2 aromatic rings. The van der Waals surface area contributed by atoms with E-state index in [0.717, 1.165) is 17.0 Å². The largest absolute Gasteiger partial charge is 0.469 e. The van der Waals surface area contributed by atoms with Crippen LogP contribution in [-0.4, -0.2) is 24.6 Å². The van der Waals surface area contributed by atoms with Gasteiger partial charge in [-0.3, -0.25) is 14.6 Å². The van der Waals surface area contributed by atoms with Gasteiger partial charge < -0.3 is 9.15 Å². The predicted molar refractivity (Wildman–Crippen MR) is 106 cm³/mol. The Morgan fingerprint density at radius 2 is 1.96 bits per heavy atom. The van der Waals surface area contributed by atoms with Crippen LogP contribution >= 0.6 is 11.6 Å². The molecule has 2 aliphatic rings. The highest BCUT2D eigenvalue weighted by molar-refractivity contribution is 6.30. The number of carbonyl (C=O) groups excluding carboxylic acids is 2. The Kier molecular flexibility index (Phi) is 4.94. The summed E-state index contributed by atoms with van der Waals surface area (Å²) in [5, 5.41) is 0.599. The monoisotopic (exact) mass is 397 g/mol. The molecular weight excluding hydrogens is 378 g/mol. The fraction of sp³-hybridized carbons (Fsp3) is 0.318. The van der Waals surface area contributed by atoms with Crippen molar-refractivity contribution in [3.63, 3.8) is 0 Å². The summed E-state index contributed by atoms with van der Waals surface area (Å²) in [5.41, 5.74) is 2.84. The van der Waals surface area contributed by atoms with Crippen molar-refractivity contribution in [3.8, 4) is 0 Å². The molecule has 0 bridgehead atoms. The first-order valence-electron chi connectivity index (χ1n) is 9.17. The molecule has 2 heterocycles. The van der Waals surface area contributed by atoms with Gasteiger partial charge in [-0.1, -0.05) is 23.7 Å². The van der Waals surface area contributed by atoms with Gasteiger partial charge in [-0.25, -0.2) is 0 Å². The van der Waals surface area contributed by atoms with Crippen LogP contribution in [0.25, 0.3) is 0 Å². The molecule has 1 aromatic heterocycles. The average molecular weight is 398 g/mol. The summed E-state index contributed by atoms with van der Waals surface area (Å²) in [4.78, 5) is 30.4. The number of aliphatic imine (C=N–C) groups is 1. The molecular formula is C22H20ClNO4. The lowest BCUT2D eigenvalue weighted by Crippen LogP contribution is -2.37. The second-order valence-corrected chi connectivity index (χ2v) is 7.62. The number of hydrogen-bond donors (Lipinski definition) is 0. The van der Waals surface area contributed by atoms with Gasteiger partial charge in [0.25, 0.3) is 0 Å². The quantitative estimate of drug-likeness (QED) is 0.705. The number of Topliss-reactive ketones (excluding diaryl/α,β-unsaturated/α-hetero) is 1. The van der Waals surface area contributed by atoms with Crippen LogP contribution in [0.1, 0.15) is 42.9 Å². The summed E-state index contributed by atoms with van der Waals surface area (Å²) < 4.78 is 10.6. The summed E-state index contributed by atoms with van der Waals surface area (Å²) in [6, 6.07) is 11.0. The number of benzene rings is 1. The topological polar surface area (TPSA) is 68.9 Å². The molecule has 0 radical (unpaired) electrons. The van der Waals surface area contributed by atoms with Gasteiger partial charge in [-0.05, 0) is 36.8 Å². The number of ketones is 1. The maximum Gasteiger partial charge on any atom is 0.315 e. The van der Waals surface area contributed by atoms with Crippen LogP contribution in [0.5, 0.6) is 0 Å². The number of nitrogens with zero attached hydrogens (tertiary/aromatic N) is 1. The molecule has 144 valence electrons. The summed E-state index contributed by atoms with van der Waals surface area (Å²) in [6.07, 6.45) is 2.55. The van der Waals surface area contributed by atoms with Crippen LogP contribution in [-0.2, 0) is 14.3 Å². The number of allylic oxidation sites excluding steroid dienone is 2. The molecule has 0 saturated carbocycles. The van der Waals surface area contributed by atoms with Gasteiger partial charge in [0.15, 0.2) is 5.78 Å². The average Bonchev–Trinajstić information content (AvgIpc) is 3.21. The maximum atomic E-state index is 13.2. The lowest BCUT2D eigenvalue weighted by molar-refractivity contribution is -0.143. The van der Waals surface area contributed by atoms with E-state index in [0.29, 0.717) is 29.1 Å². The van der Waals surface area contributed by atoms with E-state index in [1.807, 2.05) is 31.2 Å². The van der Waals surface area contributed by atoms with Crippen LogP contribution in [0.3, 0.4) is 0 Å². The Labute approximate surface area is 168 Å². The summed E-state index contributed by atoms with van der Waals surface area (Å²) in [7, 11) is 1.36. The van der Waals surface area contributed by atoms with Crippen molar-refractivity contribution in [1.82, 2.24) is 0 Å². The van der Waals surface area contributed by atoms with Crippen LogP contribution < -0.4 is 0 Å². The third kappa shape index (κ3) is 3.20. The lowest BCUT2D eigenvalue weighted by Gasteiger charge is -2.35. The Balaban J connectivity index is 1.82. The Morgan fingerprint density at radius 3 is 2.61 bits per heavy atom. The second kappa shape index (κ2) is 7.40. The third-order valence-electron chi connectivity index (χ3n) is 5.52. The number of esters is 1. The number of hydrogen-bond acceptors (Lipinski definition) is 5. The van der Waals surface area contributed by atoms with E-state index in [1.54, 1.807) is 18.4 Å². The molecule has 6 heteroatoms. The fourth-order valence-corrected chi connectivity index (χ4v) is 4.37. The number of carbonyl (C=O) groups is 2. The molecule has 5 nitrogen and oxygen atoms in total. The van der Waals surface area contributed by atoms with Gasteiger partial charge >= 0.3 is 5.97 Å². The van der Waals surface area contributed by atoms with E-state index in [-0.39, 0.29) is 11.7 Å². The van der Waals surface area contributed by atoms with Crippen molar-refractivity contribution >= 4 is 29.1 Å². The van der Waals surface area contributed by atoms with Crippen molar-refractivity contribution < 1.29 is 18.7 Å². The number of methoxy groups -OCH3 is 1. The summed E-state index contributed by atoms with van der Waals surface area (Å²) in [5.74, 6) is -0.720. The Bertz CT molecular complexity index is 972. The van der Waals surface area contributed by atoms with E-state index in [2.05, 4.69) is 4.99 Å². The maximum absolute atomic E-state index is 13.2. The number of rotatable bonds is 3. The van der Waals surface area contributed by atoms with E-state index in [4.69, 9.17) is 20.8 Å².